The molecule has 1 fully saturated rings. The van der Waals surface area contributed by atoms with Crippen molar-refractivity contribution in [2.24, 2.45) is 5.92 Å². The summed E-state index contributed by atoms with van der Waals surface area (Å²) >= 11 is 6.08. The zero-order chi connectivity index (χ0) is 22.4. The van der Waals surface area contributed by atoms with Crippen LogP contribution in [0.2, 0.25) is 5.02 Å². The fourth-order valence-electron chi connectivity index (χ4n) is 3.58. The van der Waals surface area contributed by atoms with Gasteiger partial charge in [0.15, 0.2) is 0 Å². The van der Waals surface area contributed by atoms with Crippen LogP contribution in [0.1, 0.15) is 18.4 Å². The molecule has 0 spiro atoms. The Kier molecular flexibility index (Phi) is 7.80. The molecule has 3 rings (SSSR count). The first-order valence-electron chi connectivity index (χ1n) is 10.1. The van der Waals surface area contributed by atoms with Crippen LogP contribution in [0.15, 0.2) is 47.4 Å². The van der Waals surface area contributed by atoms with E-state index in [1.165, 1.54) is 29.6 Å². The molecule has 0 radical (unpaired) electrons. The monoisotopic (exact) mass is 466 g/mol. The van der Waals surface area contributed by atoms with Crippen LogP contribution in [0.25, 0.3) is 0 Å². The number of benzene rings is 2. The number of rotatable bonds is 8. The van der Waals surface area contributed by atoms with E-state index < -0.39 is 10.0 Å². The van der Waals surface area contributed by atoms with Crippen LogP contribution >= 0.6 is 11.6 Å². The van der Waals surface area contributed by atoms with E-state index >= 15 is 0 Å². The van der Waals surface area contributed by atoms with Crippen LogP contribution in [0, 0.1) is 5.92 Å². The summed E-state index contributed by atoms with van der Waals surface area (Å²) in [5.74, 6) is 0.997. The molecule has 1 aliphatic rings. The molecule has 7 nitrogen and oxygen atoms in total. The van der Waals surface area contributed by atoms with E-state index in [1.807, 2.05) is 24.3 Å². The molecule has 1 heterocycles. The van der Waals surface area contributed by atoms with E-state index in [2.05, 4.69) is 5.32 Å². The number of nitrogens with zero attached hydrogens (tertiary/aromatic N) is 1. The maximum atomic E-state index is 12.9. The SMILES string of the molecule is COc1ccc(CCNC(=O)C2CCN(S(=O)(=O)c3ccc(OC)c(Cl)c3)CC2)cc1. The number of amides is 1. The lowest BCUT2D eigenvalue weighted by Crippen LogP contribution is -2.43. The summed E-state index contributed by atoms with van der Waals surface area (Å²) in [6.07, 6.45) is 1.69. The quantitative estimate of drug-likeness (QED) is 0.646. The van der Waals surface area contributed by atoms with E-state index in [9.17, 15) is 13.2 Å². The summed E-state index contributed by atoms with van der Waals surface area (Å²) in [6, 6.07) is 12.1. The van der Waals surface area contributed by atoms with E-state index in [-0.39, 0.29) is 21.7 Å². The number of piperidine rings is 1. The van der Waals surface area contributed by atoms with Gasteiger partial charge in [0.25, 0.3) is 0 Å². The summed E-state index contributed by atoms with van der Waals surface area (Å²) < 4.78 is 37.4. The van der Waals surface area contributed by atoms with E-state index in [0.29, 0.717) is 38.2 Å². The van der Waals surface area contributed by atoms with Crippen LogP contribution in [0.3, 0.4) is 0 Å². The Morgan fingerprint density at radius 1 is 1.10 bits per heavy atom. The van der Waals surface area contributed by atoms with Gasteiger partial charge in [-0.15, -0.1) is 0 Å². The topological polar surface area (TPSA) is 84.9 Å². The molecule has 0 saturated carbocycles. The van der Waals surface area contributed by atoms with Gasteiger partial charge in [0, 0.05) is 25.6 Å². The Labute approximate surface area is 188 Å². The summed E-state index contributed by atoms with van der Waals surface area (Å²) in [5.41, 5.74) is 1.11. The molecule has 0 bridgehead atoms. The molecule has 0 aliphatic carbocycles. The first-order chi connectivity index (χ1) is 14.8. The van der Waals surface area contributed by atoms with E-state index in [0.717, 1.165) is 17.7 Å². The van der Waals surface area contributed by atoms with Gasteiger partial charge < -0.3 is 14.8 Å². The van der Waals surface area contributed by atoms with Gasteiger partial charge in [0.05, 0.1) is 24.1 Å². The molecule has 0 atom stereocenters. The van der Waals surface area contributed by atoms with Crippen molar-refractivity contribution in [2.45, 2.75) is 24.2 Å². The van der Waals surface area contributed by atoms with E-state index in [4.69, 9.17) is 21.1 Å². The highest BCUT2D eigenvalue weighted by atomic mass is 35.5. The second kappa shape index (κ2) is 10.3. The third kappa shape index (κ3) is 5.70. The van der Waals surface area contributed by atoms with E-state index in [1.54, 1.807) is 7.11 Å². The summed E-state index contributed by atoms with van der Waals surface area (Å²) in [5, 5.41) is 3.21. The predicted molar refractivity (Wildman–Crippen MR) is 119 cm³/mol. The molecule has 31 heavy (non-hydrogen) atoms. The Morgan fingerprint density at radius 3 is 2.35 bits per heavy atom. The minimum absolute atomic E-state index is 0.0296. The van der Waals surface area contributed by atoms with Crippen molar-refractivity contribution in [1.29, 1.82) is 0 Å². The number of methoxy groups -OCH3 is 2. The zero-order valence-corrected chi connectivity index (χ0v) is 19.2. The van der Waals surface area contributed by atoms with Gasteiger partial charge in [-0.25, -0.2) is 8.42 Å². The summed E-state index contributed by atoms with van der Waals surface area (Å²) in [6.45, 7) is 1.12. The molecule has 1 aliphatic heterocycles. The lowest BCUT2D eigenvalue weighted by atomic mass is 9.97. The molecule has 168 valence electrons. The van der Waals surface area contributed by atoms with Gasteiger partial charge in [-0.3, -0.25) is 4.79 Å². The minimum Gasteiger partial charge on any atom is -0.497 e. The Balaban J connectivity index is 1.50. The fraction of sp³-hybridized carbons (Fsp3) is 0.409. The largest absolute Gasteiger partial charge is 0.497 e. The average Bonchev–Trinajstić information content (AvgIpc) is 2.79. The van der Waals surface area contributed by atoms with Crippen molar-refractivity contribution in [3.8, 4) is 11.5 Å². The molecule has 9 heteroatoms. The number of hydrogen-bond donors (Lipinski definition) is 1. The average molecular weight is 467 g/mol. The second-order valence-corrected chi connectivity index (χ2v) is 9.71. The van der Waals surface area contributed by atoms with Crippen molar-refractivity contribution in [3.63, 3.8) is 0 Å². The second-order valence-electron chi connectivity index (χ2n) is 7.36. The molecule has 1 amide bonds. The standard InChI is InChI=1S/C22H27ClN2O5S/c1-29-18-5-3-16(4-6-18)9-12-24-22(26)17-10-13-25(14-11-17)31(27,28)19-7-8-21(30-2)20(23)15-19/h3-8,15,17H,9-14H2,1-2H3,(H,24,26). The van der Waals surface area contributed by atoms with Gasteiger partial charge in [-0.1, -0.05) is 23.7 Å². The maximum Gasteiger partial charge on any atom is 0.243 e. The van der Waals surface area contributed by atoms with Gasteiger partial charge in [0.1, 0.15) is 11.5 Å². The van der Waals surface area contributed by atoms with Crippen LogP contribution in [0.5, 0.6) is 11.5 Å². The molecule has 0 aromatic heterocycles. The van der Waals surface area contributed by atoms with Crippen molar-refractivity contribution in [2.75, 3.05) is 33.9 Å². The van der Waals surface area contributed by atoms with Crippen LogP contribution in [-0.2, 0) is 21.2 Å². The number of nitrogens with one attached hydrogen (secondary N) is 1. The molecule has 1 N–H and O–H groups in total. The van der Waals surface area contributed by atoms with Crippen LogP contribution < -0.4 is 14.8 Å². The summed E-state index contributed by atoms with van der Waals surface area (Å²) in [7, 11) is -0.569. The third-order valence-electron chi connectivity index (χ3n) is 5.46. The van der Waals surface area contributed by atoms with Crippen LogP contribution in [-0.4, -0.2) is 52.5 Å². The normalized spacial score (nSPS) is 15.5. The summed E-state index contributed by atoms with van der Waals surface area (Å²) in [4.78, 5) is 12.6. The third-order valence-corrected chi connectivity index (χ3v) is 7.65. The van der Waals surface area contributed by atoms with Crippen molar-refractivity contribution >= 4 is 27.5 Å². The number of carbonyl (C=O) groups excluding carboxylic acids is 1. The van der Waals surface area contributed by atoms with Gasteiger partial charge >= 0.3 is 0 Å². The molecule has 0 unspecified atom stereocenters. The molecule has 2 aromatic rings. The van der Waals surface area contributed by atoms with Crippen LogP contribution in [0.4, 0.5) is 0 Å². The number of halogens is 1. The predicted octanol–water partition coefficient (Wildman–Crippen LogP) is 3.12. The highest BCUT2D eigenvalue weighted by Gasteiger charge is 2.32. The molecular formula is C22H27ClN2O5S. The van der Waals surface area contributed by atoms with Crippen molar-refractivity contribution < 1.29 is 22.7 Å². The molecule has 1 saturated heterocycles. The number of carbonyl (C=O) groups is 1. The highest BCUT2D eigenvalue weighted by molar-refractivity contribution is 7.89. The molecule has 2 aromatic carbocycles. The van der Waals surface area contributed by atoms with Gasteiger partial charge in [-0.2, -0.15) is 4.31 Å². The number of sulfonamides is 1. The Bertz CT molecular complexity index is 1000. The van der Waals surface area contributed by atoms with Crippen molar-refractivity contribution in [1.82, 2.24) is 9.62 Å². The Morgan fingerprint density at radius 2 is 1.77 bits per heavy atom. The van der Waals surface area contributed by atoms with Gasteiger partial charge in [0.2, 0.25) is 15.9 Å². The van der Waals surface area contributed by atoms with Gasteiger partial charge in [-0.05, 0) is 55.2 Å². The highest BCUT2D eigenvalue weighted by Crippen LogP contribution is 2.30. The lowest BCUT2D eigenvalue weighted by molar-refractivity contribution is -0.126. The zero-order valence-electron chi connectivity index (χ0n) is 17.6. The smallest absolute Gasteiger partial charge is 0.243 e. The Hall–Kier alpha value is -2.29. The number of hydrogen-bond acceptors (Lipinski definition) is 5. The minimum atomic E-state index is -3.67. The molecular weight excluding hydrogens is 440 g/mol. The van der Waals surface area contributed by atoms with Crippen molar-refractivity contribution in [3.05, 3.63) is 53.1 Å². The first kappa shape index (κ1) is 23.4. The number of ether oxygens (including phenoxy) is 2. The first-order valence-corrected chi connectivity index (χ1v) is 11.9. The lowest BCUT2D eigenvalue weighted by Gasteiger charge is -2.30. The fourth-order valence-corrected chi connectivity index (χ4v) is 5.40. The maximum absolute atomic E-state index is 12.9.